The number of benzene rings is 1. The molecular weight excluding hydrogens is 238 g/mol. The second-order valence-corrected chi connectivity index (χ2v) is 4.51. The van der Waals surface area contributed by atoms with Gasteiger partial charge in [0.15, 0.2) is 0 Å². The predicted octanol–water partition coefficient (Wildman–Crippen LogP) is 2.41. The summed E-state index contributed by atoms with van der Waals surface area (Å²) in [6.07, 6.45) is 1.60. The molecule has 0 bridgehead atoms. The van der Waals surface area contributed by atoms with Crippen molar-refractivity contribution in [3.05, 3.63) is 58.9 Å². The molecule has 1 amide bonds. The molecule has 0 radical (unpaired) electrons. The van der Waals surface area contributed by atoms with Gasteiger partial charge in [0.05, 0.1) is 5.69 Å². The standard InChI is InChI=1S/C15H17N3O/c1-10-3-4-11(2)14(7-10)18-15(19)12-5-6-17-13(8-12)9-16/h3-8H,9,16H2,1-2H3,(H,18,19). The Kier molecular flexibility index (Phi) is 3.92. The van der Waals surface area contributed by atoms with Crippen molar-refractivity contribution < 1.29 is 4.79 Å². The first kappa shape index (κ1) is 13.2. The zero-order valence-corrected chi connectivity index (χ0v) is 11.1. The topological polar surface area (TPSA) is 68.0 Å². The Morgan fingerprint density at radius 2 is 2.05 bits per heavy atom. The number of carbonyl (C=O) groups is 1. The van der Waals surface area contributed by atoms with Gasteiger partial charge in [-0.15, -0.1) is 0 Å². The van der Waals surface area contributed by atoms with Crippen molar-refractivity contribution >= 4 is 11.6 Å². The zero-order valence-electron chi connectivity index (χ0n) is 11.1. The monoisotopic (exact) mass is 255 g/mol. The Morgan fingerprint density at radius 1 is 1.26 bits per heavy atom. The highest BCUT2D eigenvalue weighted by atomic mass is 16.1. The lowest BCUT2D eigenvalue weighted by molar-refractivity contribution is 0.102. The molecule has 3 N–H and O–H groups in total. The minimum absolute atomic E-state index is 0.147. The van der Waals surface area contributed by atoms with E-state index >= 15 is 0 Å². The number of aromatic nitrogens is 1. The van der Waals surface area contributed by atoms with E-state index in [-0.39, 0.29) is 5.91 Å². The number of nitrogens with zero attached hydrogens (tertiary/aromatic N) is 1. The molecule has 0 aliphatic heterocycles. The predicted molar refractivity (Wildman–Crippen MR) is 76.0 cm³/mol. The van der Waals surface area contributed by atoms with Crippen molar-refractivity contribution in [3.63, 3.8) is 0 Å². The first-order valence-corrected chi connectivity index (χ1v) is 6.14. The fourth-order valence-electron chi connectivity index (χ4n) is 1.80. The van der Waals surface area contributed by atoms with E-state index < -0.39 is 0 Å². The summed E-state index contributed by atoms with van der Waals surface area (Å²) in [5.74, 6) is -0.147. The normalized spacial score (nSPS) is 10.3. The minimum atomic E-state index is -0.147. The summed E-state index contributed by atoms with van der Waals surface area (Å²) < 4.78 is 0. The van der Waals surface area contributed by atoms with Gasteiger partial charge < -0.3 is 11.1 Å². The van der Waals surface area contributed by atoms with Gasteiger partial charge in [0.2, 0.25) is 0 Å². The maximum atomic E-state index is 12.2. The number of hydrogen-bond acceptors (Lipinski definition) is 3. The van der Waals surface area contributed by atoms with Crippen molar-refractivity contribution in [1.82, 2.24) is 4.98 Å². The molecule has 0 saturated carbocycles. The van der Waals surface area contributed by atoms with Crippen LogP contribution in [0.4, 0.5) is 5.69 Å². The van der Waals surface area contributed by atoms with Gasteiger partial charge in [-0.1, -0.05) is 12.1 Å². The van der Waals surface area contributed by atoms with E-state index in [0.29, 0.717) is 17.8 Å². The first-order valence-electron chi connectivity index (χ1n) is 6.14. The van der Waals surface area contributed by atoms with Gasteiger partial charge >= 0.3 is 0 Å². The second kappa shape index (κ2) is 5.63. The van der Waals surface area contributed by atoms with Gasteiger partial charge in [0, 0.05) is 24.0 Å². The third kappa shape index (κ3) is 3.17. The number of amides is 1. The average Bonchev–Trinajstić information content (AvgIpc) is 2.43. The number of anilines is 1. The molecule has 4 heteroatoms. The molecule has 19 heavy (non-hydrogen) atoms. The van der Waals surface area contributed by atoms with E-state index in [0.717, 1.165) is 16.8 Å². The molecule has 0 aliphatic rings. The molecule has 0 fully saturated rings. The van der Waals surface area contributed by atoms with E-state index in [4.69, 9.17) is 5.73 Å². The molecule has 1 aromatic carbocycles. The van der Waals surface area contributed by atoms with Crippen LogP contribution in [-0.4, -0.2) is 10.9 Å². The average molecular weight is 255 g/mol. The largest absolute Gasteiger partial charge is 0.325 e. The Balaban J connectivity index is 2.22. The summed E-state index contributed by atoms with van der Waals surface area (Å²) in [6, 6.07) is 9.35. The molecular formula is C15H17N3O. The second-order valence-electron chi connectivity index (χ2n) is 4.51. The van der Waals surface area contributed by atoms with Crippen LogP contribution >= 0.6 is 0 Å². The van der Waals surface area contributed by atoms with E-state index in [1.54, 1.807) is 18.3 Å². The Morgan fingerprint density at radius 3 is 2.79 bits per heavy atom. The lowest BCUT2D eigenvalue weighted by Gasteiger charge is -2.09. The van der Waals surface area contributed by atoms with Gasteiger partial charge in [-0.05, 0) is 43.2 Å². The number of nitrogens with two attached hydrogens (primary N) is 1. The van der Waals surface area contributed by atoms with Crippen LogP contribution in [0, 0.1) is 13.8 Å². The summed E-state index contributed by atoms with van der Waals surface area (Å²) in [7, 11) is 0. The van der Waals surface area contributed by atoms with Gasteiger partial charge in [-0.2, -0.15) is 0 Å². The molecule has 0 unspecified atom stereocenters. The fraction of sp³-hybridized carbons (Fsp3) is 0.200. The highest BCUT2D eigenvalue weighted by Gasteiger charge is 2.08. The third-order valence-corrected chi connectivity index (χ3v) is 2.93. The summed E-state index contributed by atoms with van der Waals surface area (Å²) in [4.78, 5) is 16.2. The number of rotatable bonds is 3. The Bertz CT molecular complexity index is 608. The van der Waals surface area contributed by atoms with Crippen LogP contribution in [0.2, 0.25) is 0 Å². The zero-order chi connectivity index (χ0) is 13.8. The van der Waals surface area contributed by atoms with Crippen LogP contribution in [-0.2, 0) is 6.54 Å². The lowest BCUT2D eigenvalue weighted by atomic mass is 10.1. The molecule has 0 spiro atoms. The Hall–Kier alpha value is -2.20. The van der Waals surface area contributed by atoms with Crippen LogP contribution in [0.5, 0.6) is 0 Å². The maximum absolute atomic E-state index is 12.2. The van der Waals surface area contributed by atoms with Crippen LogP contribution in [0.25, 0.3) is 0 Å². The fourth-order valence-corrected chi connectivity index (χ4v) is 1.80. The van der Waals surface area contributed by atoms with Crippen LogP contribution in [0.15, 0.2) is 36.5 Å². The number of hydrogen-bond donors (Lipinski definition) is 2. The van der Waals surface area contributed by atoms with Crippen molar-refractivity contribution in [3.8, 4) is 0 Å². The van der Waals surface area contributed by atoms with Crippen molar-refractivity contribution in [2.75, 3.05) is 5.32 Å². The molecule has 2 rings (SSSR count). The molecule has 2 aromatic rings. The number of pyridine rings is 1. The summed E-state index contributed by atoms with van der Waals surface area (Å²) in [6.45, 7) is 4.28. The van der Waals surface area contributed by atoms with Crippen molar-refractivity contribution in [2.45, 2.75) is 20.4 Å². The Labute approximate surface area is 112 Å². The molecule has 0 atom stereocenters. The van der Waals surface area contributed by atoms with Crippen LogP contribution in [0.3, 0.4) is 0 Å². The van der Waals surface area contributed by atoms with Crippen molar-refractivity contribution in [2.24, 2.45) is 5.73 Å². The smallest absolute Gasteiger partial charge is 0.255 e. The van der Waals surface area contributed by atoms with E-state index in [1.165, 1.54) is 0 Å². The first-order chi connectivity index (χ1) is 9.10. The minimum Gasteiger partial charge on any atom is -0.325 e. The van der Waals surface area contributed by atoms with Gasteiger partial charge in [-0.25, -0.2) is 0 Å². The van der Waals surface area contributed by atoms with E-state index in [1.807, 2.05) is 32.0 Å². The van der Waals surface area contributed by atoms with Crippen LogP contribution < -0.4 is 11.1 Å². The van der Waals surface area contributed by atoms with E-state index in [2.05, 4.69) is 10.3 Å². The maximum Gasteiger partial charge on any atom is 0.255 e. The molecule has 1 aromatic heterocycles. The highest BCUT2D eigenvalue weighted by molar-refractivity contribution is 6.04. The molecule has 0 saturated heterocycles. The third-order valence-electron chi connectivity index (χ3n) is 2.93. The lowest BCUT2D eigenvalue weighted by Crippen LogP contribution is -2.14. The molecule has 0 aliphatic carbocycles. The summed E-state index contributed by atoms with van der Waals surface area (Å²) in [5.41, 5.74) is 9.76. The van der Waals surface area contributed by atoms with Gasteiger partial charge in [-0.3, -0.25) is 9.78 Å². The number of carbonyl (C=O) groups excluding carboxylic acids is 1. The highest BCUT2D eigenvalue weighted by Crippen LogP contribution is 2.17. The quantitative estimate of drug-likeness (QED) is 0.885. The molecule has 4 nitrogen and oxygen atoms in total. The SMILES string of the molecule is Cc1ccc(C)c(NC(=O)c2ccnc(CN)c2)c1. The molecule has 98 valence electrons. The van der Waals surface area contributed by atoms with Gasteiger partial charge in [0.1, 0.15) is 0 Å². The molecule has 1 heterocycles. The van der Waals surface area contributed by atoms with Crippen LogP contribution in [0.1, 0.15) is 27.2 Å². The summed E-state index contributed by atoms with van der Waals surface area (Å²) in [5, 5.41) is 2.91. The van der Waals surface area contributed by atoms with Gasteiger partial charge in [0.25, 0.3) is 5.91 Å². The number of aryl methyl sites for hydroxylation is 2. The van der Waals surface area contributed by atoms with E-state index in [9.17, 15) is 4.79 Å². The summed E-state index contributed by atoms with van der Waals surface area (Å²) >= 11 is 0. The number of nitrogens with one attached hydrogen (secondary N) is 1. The van der Waals surface area contributed by atoms with Crippen molar-refractivity contribution in [1.29, 1.82) is 0 Å².